The maximum atomic E-state index is 13.0. The summed E-state index contributed by atoms with van der Waals surface area (Å²) in [5, 5.41) is 14.2. The Bertz CT molecular complexity index is 670. The van der Waals surface area contributed by atoms with Crippen molar-refractivity contribution in [1.29, 1.82) is 0 Å². The zero-order valence-corrected chi connectivity index (χ0v) is 14.6. The van der Waals surface area contributed by atoms with E-state index >= 15 is 0 Å². The molecule has 0 bridgehead atoms. The first-order valence-corrected chi connectivity index (χ1v) is 8.14. The number of hydrogen-bond donors (Lipinski definition) is 1. The maximum absolute atomic E-state index is 13.0. The Labute approximate surface area is 142 Å². The van der Waals surface area contributed by atoms with Gasteiger partial charge in [-0.2, -0.15) is 5.06 Å². The van der Waals surface area contributed by atoms with Gasteiger partial charge >= 0.3 is 0 Å². The summed E-state index contributed by atoms with van der Waals surface area (Å²) in [5.41, 5.74) is 2.27. The highest BCUT2D eigenvalue weighted by Crippen LogP contribution is 2.46. The van der Waals surface area contributed by atoms with Crippen molar-refractivity contribution in [3.8, 4) is 0 Å². The summed E-state index contributed by atoms with van der Waals surface area (Å²) in [6.45, 7) is 5.14. The molecule has 6 nitrogen and oxygen atoms in total. The van der Waals surface area contributed by atoms with Gasteiger partial charge in [0.25, 0.3) is 5.91 Å². The summed E-state index contributed by atoms with van der Waals surface area (Å²) in [7, 11) is 3.10. The van der Waals surface area contributed by atoms with Gasteiger partial charge in [0, 0.05) is 13.1 Å². The lowest BCUT2D eigenvalue weighted by Gasteiger charge is -2.42. The molecule has 1 amide bonds. The molecule has 1 saturated heterocycles. The Balaban J connectivity index is 2.11. The van der Waals surface area contributed by atoms with Gasteiger partial charge in [-0.3, -0.25) is 9.63 Å². The second-order valence-electron chi connectivity index (χ2n) is 6.42. The summed E-state index contributed by atoms with van der Waals surface area (Å²) in [6, 6.07) is 5.85. The van der Waals surface area contributed by atoms with E-state index in [1.807, 2.05) is 37.1 Å². The second-order valence-corrected chi connectivity index (χ2v) is 6.42. The van der Waals surface area contributed by atoms with E-state index in [4.69, 9.17) is 9.68 Å². The van der Waals surface area contributed by atoms with E-state index in [0.29, 0.717) is 31.5 Å². The molecule has 3 rings (SSSR count). The first kappa shape index (κ1) is 17.0. The number of aliphatic hydroxyl groups is 1. The van der Waals surface area contributed by atoms with Crippen LogP contribution in [0, 0.1) is 13.8 Å². The lowest BCUT2D eigenvalue weighted by atomic mass is 9.85. The smallest absolute Gasteiger partial charge is 0.282 e. The number of amides is 1. The lowest BCUT2D eigenvalue weighted by Crippen LogP contribution is -2.54. The fourth-order valence-electron chi connectivity index (χ4n) is 3.90. The molecule has 24 heavy (non-hydrogen) atoms. The Morgan fingerprint density at radius 2 is 1.67 bits per heavy atom. The first-order valence-electron chi connectivity index (χ1n) is 8.14. The molecule has 2 aliphatic rings. The van der Waals surface area contributed by atoms with E-state index in [1.54, 1.807) is 7.11 Å². The second kappa shape index (κ2) is 6.20. The van der Waals surface area contributed by atoms with Crippen LogP contribution < -0.4 is 0 Å². The Hall–Kier alpha value is -1.89. The number of benzene rings is 1. The SMILES string of the molecule is CON1CCC2(CC1)C(O)=C(c1c(C)cccc1C)C(=O)N2OC. The molecule has 130 valence electrons. The zero-order valence-electron chi connectivity index (χ0n) is 14.6. The molecule has 1 aromatic carbocycles. The number of hydroxylamine groups is 4. The van der Waals surface area contributed by atoms with Crippen LogP contribution in [0.3, 0.4) is 0 Å². The van der Waals surface area contributed by atoms with Crippen LogP contribution in [0.4, 0.5) is 0 Å². The molecule has 1 N–H and O–H groups in total. The van der Waals surface area contributed by atoms with Gasteiger partial charge in [0.1, 0.15) is 11.3 Å². The van der Waals surface area contributed by atoms with Gasteiger partial charge < -0.3 is 9.94 Å². The van der Waals surface area contributed by atoms with Crippen molar-refractivity contribution in [1.82, 2.24) is 10.1 Å². The zero-order chi connectivity index (χ0) is 17.5. The van der Waals surface area contributed by atoms with Crippen molar-refractivity contribution in [2.75, 3.05) is 27.3 Å². The molecule has 6 heteroatoms. The number of carbonyl (C=O) groups excluding carboxylic acids is 1. The molecule has 1 aromatic rings. The molecule has 1 fully saturated rings. The van der Waals surface area contributed by atoms with Crippen LogP contribution in [-0.4, -0.2) is 54.0 Å². The van der Waals surface area contributed by atoms with E-state index in [2.05, 4.69) is 0 Å². The monoisotopic (exact) mass is 332 g/mol. The minimum Gasteiger partial charge on any atom is -0.509 e. The fourth-order valence-corrected chi connectivity index (χ4v) is 3.90. The van der Waals surface area contributed by atoms with Crippen molar-refractivity contribution in [3.63, 3.8) is 0 Å². The molecular formula is C18H24N2O4. The average Bonchev–Trinajstić information content (AvgIpc) is 2.77. The van der Waals surface area contributed by atoms with Crippen LogP contribution in [0.2, 0.25) is 0 Å². The van der Waals surface area contributed by atoms with E-state index < -0.39 is 5.54 Å². The largest absolute Gasteiger partial charge is 0.509 e. The lowest BCUT2D eigenvalue weighted by molar-refractivity contribution is -0.221. The topological polar surface area (TPSA) is 62.2 Å². The summed E-state index contributed by atoms with van der Waals surface area (Å²) in [4.78, 5) is 23.7. The third-order valence-electron chi connectivity index (χ3n) is 5.19. The van der Waals surface area contributed by atoms with Gasteiger partial charge in [0.05, 0.1) is 19.8 Å². The fraction of sp³-hybridized carbons (Fsp3) is 0.500. The predicted molar refractivity (Wildman–Crippen MR) is 89.9 cm³/mol. The molecule has 0 radical (unpaired) electrons. The normalized spacial score (nSPS) is 21.2. The quantitative estimate of drug-likeness (QED) is 0.921. The number of piperidine rings is 1. The first-order chi connectivity index (χ1) is 11.5. The summed E-state index contributed by atoms with van der Waals surface area (Å²) in [5.74, 6) is -0.166. The minimum atomic E-state index is -0.815. The van der Waals surface area contributed by atoms with Gasteiger partial charge in [-0.15, -0.1) is 0 Å². The van der Waals surface area contributed by atoms with Gasteiger partial charge in [-0.1, -0.05) is 18.2 Å². The number of rotatable bonds is 3. The Kier molecular flexibility index (Phi) is 4.38. The average molecular weight is 332 g/mol. The van der Waals surface area contributed by atoms with Crippen LogP contribution in [-0.2, 0) is 14.5 Å². The third-order valence-corrected chi connectivity index (χ3v) is 5.19. The standard InChI is InChI=1S/C18H24N2O4/c1-12-6-5-7-13(2)14(12)15-16(21)18(20(24-4)17(15)22)8-10-19(23-3)11-9-18/h5-7,21H,8-11H2,1-4H3. The van der Waals surface area contributed by atoms with Crippen LogP contribution in [0.15, 0.2) is 24.0 Å². The molecular weight excluding hydrogens is 308 g/mol. The highest BCUT2D eigenvalue weighted by Gasteiger charge is 2.55. The van der Waals surface area contributed by atoms with Crippen LogP contribution >= 0.6 is 0 Å². The van der Waals surface area contributed by atoms with Gasteiger partial charge in [-0.05, 0) is 43.4 Å². The van der Waals surface area contributed by atoms with Gasteiger partial charge in [0.15, 0.2) is 0 Å². The number of aryl methyl sites for hydroxylation is 2. The van der Waals surface area contributed by atoms with Crippen LogP contribution in [0.25, 0.3) is 5.57 Å². The molecule has 1 spiro atoms. The maximum Gasteiger partial charge on any atom is 0.282 e. The van der Waals surface area contributed by atoms with E-state index in [1.165, 1.54) is 12.2 Å². The molecule has 0 saturated carbocycles. The summed E-state index contributed by atoms with van der Waals surface area (Å²) >= 11 is 0. The van der Waals surface area contributed by atoms with Crippen molar-refractivity contribution in [2.45, 2.75) is 32.2 Å². The minimum absolute atomic E-state index is 0.113. The van der Waals surface area contributed by atoms with Crippen molar-refractivity contribution in [3.05, 3.63) is 40.6 Å². The molecule has 2 aliphatic heterocycles. The van der Waals surface area contributed by atoms with Crippen molar-refractivity contribution >= 4 is 11.5 Å². The van der Waals surface area contributed by atoms with Crippen molar-refractivity contribution in [2.24, 2.45) is 0 Å². The molecule has 0 aliphatic carbocycles. The number of nitrogens with zero attached hydrogens (tertiary/aromatic N) is 2. The van der Waals surface area contributed by atoms with Crippen LogP contribution in [0.5, 0.6) is 0 Å². The van der Waals surface area contributed by atoms with E-state index in [-0.39, 0.29) is 11.7 Å². The Morgan fingerprint density at radius 1 is 1.08 bits per heavy atom. The predicted octanol–water partition coefficient (Wildman–Crippen LogP) is 2.37. The summed E-state index contributed by atoms with van der Waals surface area (Å²) in [6.07, 6.45) is 1.11. The van der Waals surface area contributed by atoms with Crippen molar-refractivity contribution < 1.29 is 19.6 Å². The third kappa shape index (κ3) is 2.33. The molecule has 2 heterocycles. The highest BCUT2D eigenvalue weighted by atomic mass is 16.7. The van der Waals surface area contributed by atoms with Gasteiger partial charge in [-0.25, -0.2) is 5.06 Å². The molecule has 0 aromatic heterocycles. The highest BCUT2D eigenvalue weighted by molar-refractivity contribution is 6.23. The van der Waals surface area contributed by atoms with Gasteiger partial charge in [0.2, 0.25) is 0 Å². The Morgan fingerprint density at radius 3 is 2.17 bits per heavy atom. The number of hydrogen-bond acceptors (Lipinski definition) is 5. The molecule has 0 atom stereocenters. The molecule has 0 unspecified atom stereocenters. The van der Waals surface area contributed by atoms with Crippen LogP contribution in [0.1, 0.15) is 29.5 Å². The van der Waals surface area contributed by atoms with E-state index in [9.17, 15) is 9.90 Å². The number of carbonyl (C=O) groups is 1. The summed E-state index contributed by atoms with van der Waals surface area (Å²) < 4.78 is 0. The van der Waals surface area contributed by atoms with E-state index in [0.717, 1.165) is 16.7 Å². The number of aliphatic hydroxyl groups excluding tert-OH is 1.